The Morgan fingerprint density at radius 2 is 1.53 bits per heavy atom. The van der Waals surface area contributed by atoms with Gasteiger partial charge in [0.25, 0.3) is 0 Å². The second-order valence-electron chi connectivity index (χ2n) is 5.32. The first-order chi connectivity index (χ1) is 9.34. The molecule has 3 nitrogen and oxygen atoms in total. The molecule has 0 saturated heterocycles. The fourth-order valence-corrected chi connectivity index (χ4v) is 2.23. The van der Waals surface area contributed by atoms with E-state index in [9.17, 15) is 0 Å². The molecule has 0 aliphatic rings. The first-order valence-electron chi connectivity index (χ1n) is 7.83. The van der Waals surface area contributed by atoms with E-state index < -0.39 is 0 Å². The van der Waals surface area contributed by atoms with Crippen LogP contribution >= 0.6 is 0 Å². The van der Waals surface area contributed by atoms with Crippen molar-refractivity contribution in [1.29, 1.82) is 0 Å². The van der Waals surface area contributed by atoms with E-state index in [2.05, 4.69) is 29.1 Å². The molecule has 0 aliphatic carbocycles. The van der Waals surface area contributed by atoms with Crippen LogP contribution in [-0.2, 0) is 0 Å². The Morgan fingerprint density at radius 3 is 2.16 bits per heavy atom. The minimum absolute atomic E-state index is 0.353. The zero-order valence-corrected chi connectivity index (χ0v) is 12.6. The normalized spacial score (nSPS) is 12.5. The van der Waals surface area contributed by atoms with Crippen molar-refractivity contribution >= 4 is 0 Å². The third kappa shape index (κ3) is 7.93. The molecule has 19 heavy (non-hydrogen) atoms. The minimum Gasteiger partial charge on any atom is -0.310 e. The lowest BCUT2D eigenvalue weighted by molar-refractivity contribution is 0.520. The summed E-state index contributed by atoms with van der Waals surface area (Å²) < 4.78 is 0. The highest BCUT2D eigenvalue weighted by molar-refractivity contribution is 5.07. The third-order valence-electron chi connectivity index (χ3n) is 3.56. The molecule has 0 bridgehead atoms. The number of rotatable bonds is 11. The third-order valence-corrected chi connectivity index (χ3v) is 3.56. The summed E-state index contributed by atoms with van der Waals surface area (Å²) >= 11 is 0. The Labute approximate surface area is 118 Å². The van der Waals surface area contributed by atoms with Crippen molar-refractivity contribution in [1.82, 2.24) is 15.3 Å². The van der Waals surface area contributed by atoms with Crippen molar-refractivity contribution in [2.45, 2.75) is 71.3 Å². The van der Waals surface area contributed by atoms with E-state index in [-0.39, 0.29) is 0 Å². The summed E-state index contributed by atoms with van der Waals surface area (Å²) in [6.07, 6.45) is 16.3. The lowest BCUT2D eigenvalue weighted by Crippen LogP contribution is -2.20. The summed E-state index contributed by atoms with van der Waals surface area (Å²) in [6, 6.07) is 0.353. The predicted molar refractivity (Wildman–Crippen MR) is 81.1 cm³/mol. The summed E-state index contributed by atoms with van der Waals surface area (Å²) in [4.78, 5) is 8.10. The summed E-state index contributed by atoms with van der Waals surface area (Å²) in [6.45, 7) is 5.53. The van der Waals surface area contributed by atoms with Crippen molar-refractivity contribution in [2.24, 2.45) is 0 Å². The van der Waals surface area contributed by atoms with E-state index in [0.717, 1.165) is 6.54 Å². The van der Waals surface area contributed by atoms with Gasteiger partial charge in [-0.1, -0.05) is 51.9 Å². The molecule has 0 spiro atoms. The molecule has 0 aliphatic heterocycles. The van der Waals surface area contributed by atoms with Gasteiger partial charge in [0.05, 0.1) is 0 Å². The second-order valence-corrected chi connectivity index (χ2v) is 5.32. The molecule has 0 radical (unpaired) electrons. The monoisotopic (exact) mass is 263 g/mol. The molecule has 0 fully saturated rings. The highest BCUT2D eigenvalue weighted by Gasteiger charge is 2.03. The van der Waals surface area contributed by atoms with E-state index in [0.29, 0.717) is 6.04 Å². The van der Waals surface area contributed by atoms with Crippen molar-refractivity contribution in [3.8, 4) is 0 Å². The van der Waals surface area contributed by atoms with Gasteiger partial charge in [0.1, 0.15) is 6.33 Å². The van der Waals surface area contributed by atoms with Crippen molar-refractivity contribution < 1.29 is 0 Å². The molecule has 0 saturated carbocycles. The van der Waals surface area contributed by atoms with Gasteiger partial charge < -0.3 is 5.32 Å². The lowest BCUT2D eigenvalue weighted by Gasteiger charge is -2.13. The summed E-state index contributed by atoms with van der Waals surface area (Å²) in [5.41, 5.74) is 1.17. The molecule has 3 heteroatoms. The molecule has 1 aromatic heterocycles. The number of nitrogens with one attached hydrogen (secondary N) is 1. The van der Waals surface area contributed by atoms with Crippen LogP contribution in [0.25, 0.3) is 0 Å². The van der Waals surface area contributed by atoms with Crippen LogP contribution in [0, 0.1) is 0 Å². The van der Waals surface area contributed by atoms with E-state index in [1.807, 2.05) is 12.4 Å². The first kappa shape index (κ1) is 16.1. The quantitative estimate of drug-likeness (QED) is 0.606. The Balaban J connectivity index is 1.93. The van der Waals surface area contributed by atoms with Gasteiger partial charge in [-0.25, -0.2) is 9.97 Å². The molecular weight excluding hydrogens is 234 g/mol. The van der Waals surface area contributed by atoms with Crippen LogP contribution in [0.15, 0.2) is 18.7 Å². The van der Waals surface area contributed by atoms with Crippen LogP contribution in [0.1, 0.15) is 76.8 Å². The summed E-state index contributed by atoms with van der Waals surface area (Å²) in [7, 11) is 0. The van der Waals surface area contributed by atoms with Crippen LogP contribution in [0.4, 0.5) is 0 Å². The van der Waals surface area contributed by atoms with E-state index in [1.54, 1.807) is 6.33 Å². The largest absolute Gasteiger partial charge is 0.310 e. The van der Waals surface area contributed by atoms with Crippen LogP contribution in [-0.4, -0.2) is 16.5 Å². The van der Waals surface area contributed by atoms with Crippen molar-refractivity contribution in [3.63, 3.8) is 0 Å². The van der Waals surface area contributed by atoms with Crippen LogP contribution in [0.3, 0.4) is 0 Å². The van der Waals surface area contributed by atoms with Crippen LogP contribution in [0.2, 0.25) is 0 Å². The van der Waals surface area contributed by atoms with Crippen molar-refractivity contribution in [2.75, 3.05) is 6.54 Å². The summed E-state index contributed by atoms with van der Waals surface area (Å²) in [5.74, 6) is 0. The van der Waals surface area contributed by atoms with E-state index in [4.69, 9.17) is 0 Å². The summed E-state index contributed by atoms with van der Waals surface area (Å²) in [5, 5.41) is 3.53. The Bertz CT molecular complexity index is 300. The zero-order valence-electron chi connectivity index (χ0n) is 12.6. The smallest absolute Gasteiger partial charge is 0.115 e. The molecule has 108 valence electrons. The van der Waals surface area contributed by atoms with Gasteiger partial charge >= 0.3 is 0 Å². The maximum atomic E-state index is 4.05. The molecule has 1 aromatic rings. The maximum absolute atomic E-state index is 4.05. The number of hydrogen-bond donors (Lipinski definition) is 1. The highest BCUT2D eigenvalue weighted by Crippen LogP contribution is 2.10. The van der Waals surface area contributed by atoms with Gasteiger partial charge in [-0.15, -0.1) is 0 Å². The Hall–Kier alpha value is -0.960. The van der Waals surface area contributed by atoms with E-state index in [1.165, 1.54) is 56.9 Å². The molecule has 1 unspecified atom stereocenters. The Kier molecular flexibility index (Phi) is 9.25. The number of nitrogens with zero attached hydrogens (tertiary/aromatic N) is 2. The highest BCUT2D eigenvalue weighted by atomic mass is 14.9. The molecular formula is C16H29N3. The molecule has 1 N–H and O–H groups in total. The SMILES string of the molecule is CCCCCCCCCCNC(C)c1cncnc1. The number of aromatic nitrogens is 2. The van der Waals surface area contributed by atoms with Gasteiger partial charge in [0.15, 0.2) is 0 Å². The van der Waals surface area contributed by atoms with Crippen molar-refractivity contribution in [3.05, 3.63) is 24.3 Å². The zero-order chi connectivity index (χ0) is 13.8. The van der Waals surface area contributed by atoms with Crippen LogP contribution < -0.4 is 5.32 Å². The minimum atomic E-state index is 0.353. The van der Waals surface area contributed by atoms with Crippen LogP contribution in [0.5, 0.6) is 0 Å². The van der Waals surface area contributed by atoms with Gasteiger partial charge in [0, 0.05) is 24.0 Å². The van der Waals surface area contributed by atoms with E-state index >= 15 is 0 Å². The van der Waals surface area contributed by atoms with Gasteiger partial charge in [-0.2, -0.15) is 0 Å². The number of hydrogen-bond acceptors (Lipinski definition) is 3. The van der Waals surface area contributed by atoms with Gasteiger partial charge in [-0.3, -0.25) is 0 Å². The average Bonchev–Trinajstić information content (AvgIpc) is 2.46. The molecule has 0 amide bonds. The topological polar surface area (TPSA) is 37.8 Å². The fraction of sp³-hybridized carbons (Fsp3) is 0.750. The standard InChI is InChI=1S/C16H29N3/c1-3-4-5-6-7-8-9-10-11-19-15(2)16-12-17-14-18-13-16/h12-15,19H,3-11H2,1-2H3. The Morgan fingerprint density at radius 1 is 0.947 bits per heavy atom. The van der Waals surface area contributed by atoms with Gasteiger partial charge in [0.2, 0.25) is 0 Å². The predicted octanol–water partition coefficient (Wildman–Crippen LogP) is 4.27. The fourth-order valence-electron chi connectivity index (χ4n) is 2.23. The average molecular weight is 263 g/mol. The molecule has 0 aromatic carbocycles. The molecule has 1 rings (SSSR count). The molecule has 1 heterocycles. The maximum Gasteiger partial charge on any atom is 0.115 e. The van der Waals surface area contributed by atoms with Gasteiger partial charge in [-0.05, 0) is 19.9 Å². The second kappa shape index (κ2) is 10.9. The number of unbranched alkanes of at least 4 members (excludes halogenated alkanes) is 7. The molecule has 1 atom stereocenters. The first-order valence-corrected chi connectivity index (χ1v) is 7.83. The lowest BCUT2D eigenvalue weighted by atomic mass is 10.1.